The zero-order chi connectivity index (χ0) is 9.15. The molecule has 0 aromatic heterocycles. The Kier molecular flexibility index (Phi) is 2.52. The quantitative estimate of drug-likeness (QED) is 0.621. The zero-order valence-corrected chi connectivity index (χ0v) is 8.05. The van der Waals surface area contributed by atoms with Crippen LogP contribution in [0.3, 0.4) is 0 Å². The van der Waals surface area contributed by atoms with Crippen LogP contribution in [0.4, 0.5) is 0 Å². The van der Waals surface area contributed by atoms with Gasteiger partial charge in [0.05, 0.1) is 24.6 Å². The molecule has 2 fully saturated rings. The molecule has 2 rings (SSSR count). The molecule has 13 heavy (non-hydrogen) atoms. The van der Waals surface area contributed by atoms with Crippen molar-refractivity contribution in [3.8, 4) is 6.07 Å². The molecule has 0 unspecified atom stereocenters. The molecule has 1 aliphatic carbocycles. The van der Waals surface area contributed by atoms with Crippen LogP contribution in [-0.4, -0.2) is 25.7 Å². The molecule has 0 atom stereocenters. The van der Waals surface area contributed by atoms with Gasteiger partial charge in [0.15, 0.2) is 0 Å². The molecule has 0 bridgehead atoms. The van der Waals surface area contributed by atoms with Crippen molar-refractivity contribution in [1.82, 2.24) is 5.32 Å². The van der Waals surface area contributed by atoms with Gasteiger partial charge in [0.25, 0.3) is 0 Å². The second-order valence-corrected chi connectivity index (χ2v) is 4.41. The predicted octanol–water partition coefficient (Wildman–Crippen LogP) is -0.394. The number of hydrogen-bond acceptors (Lipinski definition) is 2. The summed E-state index contributed by atoms with van der Waals surface area (Å²) in [5.74, 6) is 0. The van der Waals surface area contributed by atoms with Gasteiger partial charge in [-0.3, -0.25) is 0 Å². The molecule has 3 heteroatoms. The van der Waals surface area contributed by atoms with Crippen LogP contribution in [0, 0.1) is 16.7 Å². The van der Waals surface area contributed by atoms with Gasteiger partial charge in [0.1, 0.15) is 0 Å². The van der Waals surface area contributed by atoms with E-state index in [9.17, 15) is 0 Å². The monoisotopic (exact) mass is 180 g/mol. The largest absolute Gasteiger partial charge is 0.346 e. The maximum atomic E-state index is 8.89. The number of nitrogens with one attached hydrogen (secondary N) is 1. The Morgan fingerprint density at radius 1 is 1.38 bits per heavy atom. The lowest BCUT2D eigenvalue weighted by Crippen LogP contribution is -2.87. The standard InChI is InChI=1S/C10H17N3/c11-7-10(3-4-10)8-13-9-1-5-12-6-2-9/h9,12-13H,1-6,8H2/p+1. The molecule has 0 radical (unpaired) electrons. The van der Waals surface area contributed by atoms with E-state index < -0.39 is 0 Å². The van der Waals surface area contributed by atoms with E-state index in [1.54, 1.807) is 0 Å². The van der Waals surface area contributed by atoms with Crippen molar-refractivity contribution >= 4 is 0 Å². The van der Waals surface area contributed by atoms with E-state index in [2.05, 4.69) is 16.7 Å². The molecule has 0 aromatic rings. The number of quaternary nitrogens is 1. The topological polar surface area (TPSA) is 52.4 Å². The van der Waals surface area contributed by atoms with Gasteiger partial charge in [-0.05, 0) is 12.8 Å². The number of nitrogens with two attached hydrogens (primary N) is 1. The third-order valence-corrected chi connectivity index (χ3v) is 3.26. The minimum atomic E-state index is 0.0289. The Morgan fingerprint density at radius 3 is 2.62 bits per heavy atom. The van der Waals surface area contributed by atoms with E-state index >= 15 is 0 Å². The van der Waals surface area contributed by atoms with Crippen molar-refractivity contribution < 1.29 is 5.32 Å². The first-order chi connectivity index (χ1) is 6.35. The molecule has 1 saturated carbocycles. The van der Waals surface area contributed by atoms with Gasteiger partial charge in [0, 0.05) is 25.4 Å². The summed E-state index contributed by atoms with van der Waals surface area (Å²) in [7, 11) is 0. The molecule has 2 aliphatic rings. The third kappa shape index (κ3) is 2.20. The van der Waals surface area contributed by atoms with Crippen molar-refractivity contribution in [2.24, 2.45) is 5.41 Å². The van der Waals surface area contributed by atoms with Gasteiger partial charge in [-0.15, -0.1) is 0 Å². The molecule has 1 aliphatic heterocycles. The van der Waals surface area contributed by atoms with Gasteiger partial charge in [0.2, 0.25) is 0 Å². The van der Waals surface area contributed by atoms with Gasteiger partial charge >= 0.3 is 0 Å². The number of hydrogen-bond donors (Lipinski definition) is 2. The SMILES string of the molecule is N#CC1(CNC2CC[NH2+]CC2)CC1. The fourth-order valence-corrected chi connectivity index (χ4v) is 1.95. The second kappa shape index (κ2) is 3.65. The molecule has 72 valence electrons. The minimum Gasteiger partial charge on any atom is -0.346 e. The smallest absolute Gasteiger partial charge is 0.0770 e. The van der Waals surface area contributed by atoms with Crippen LogP contribution in [0.1, 0.15) is 25.7 Å². The highest BCUT2D eigenvalue weighted by Gasteiger charge is 2.43. The zero-order valence-electron chi connectivity index (χ0n) is 8.05. The van der Waals surface area contributed by atoms with E-state index in [4.69, 9.17) is 5.26 Å². The van der Waals surface area contributed by atoms with Crippen molar-refractivity contribution in [2.45, 2.75) is 31.7 Å². The minimum absolute atomic E-state index is 0.0289. The fraction of sp³-hybridized carbons (Fsp3) is 0.900. The van der Waals surface area contributed by atoms with E-state index in [-0.39, 0.29) is 5.41 Å². The highest BCUT2D eigenvalue weighted by Crippen LogP contribution is 2.44. The summed E-state index contributed by atoms with van der Waals surface area (Å²) in [6.45, 7) is 3.42. The van der Waals surface area contributed by atoms with Crippen molar-refractivity contribution in [3.05, 3.63) is 0 Å². The highest BCUT2D eigenvalue weighted by molar-refractivity contribution is 5.11. The van der Waals surface area contributed by atoms with Crippen LogP contribution in [0.5, 0.6) is 0 Å². The lowest BCUT2D eigenvalue weighted by molar-refractivity contribution is -0.663. The number of nitriles is 1. The number of rotatable bonds is 3. The van der Waals surface area contributed by atoms with Crippen molar-refractivity contribution in [1.29, 1.82) is 5.26 Å². The molecule has 1 heterocycles. The summed E-state index contributed by atoms with van der Waals surface area (Å²) in [5.41, 5.74) is 0.0289. The van der Waals surface area contributed by atoms with Gasteiger partial charge in [-0.25, -0.2) is 0 Å². The molecule has 3 nitrogen and oxygen atoms in total. The molecule has 0 spiro atoms. The molecular formula is C10H18N3+. The summed E-state index contributed by atoms with van der Waals surface area (Å²) < 4.78 is 0. The Labute approximate surface area is 79.5 Å². The maximum Gasteiger partial charge on any atom is 0.0770 e. The summed E-state index contributed by atoms with van der Waals surface area (Å²) in [6.07, 6.45) is 4.74. The summed E-state index contributed by atoms with van der Waals surface area (Å²) in [5, 5.41) is 14.8. The van der Waals surface area contributed by atoms with Crippen LogP contribution in [0.25, 0.3) is 0 Å². The van der Waals surface area contributed by atoms with E-state index in [0.29, 0.717) is 6.04 Å². The van der Waals surface area contributed by atoms with E-state index in [1.807, 2.05) is 0 Å². The molecule has 0 aromatic carbocycles. The van der Waals surface area contributed by atoms with E-state index in [0.717, 1.165) is 19.4 Å². The first-order valence-corrected chi connectivity index (χ1v) is 5.31. The molecular weight excluding hydrogens is 162 g/mol. The fourth-order valence-electron chi connectivity index (χ4n) is 1.95. The summed E-state index contributed by atoms with van der Waals surface area (Å²) in [4.78, 5) is 0. The normalized spacial score (nSPS) is 26.7. The van der Waals surface area contributed by atoms with Gasteiger partial charge in [-0.1, -0.05) is 0 Å². The van der Waals surface area contributed by atoms with Crippen molar-refractivity contribution in [2.75, 3.05) is 19.6 Å². The maximum absolute atomic E-state index is 8.89. The van der Waals surface area contributed by atoms with Crippen LogP contribution >= 0.6 is 0 Å². The van der Waals surface area contributed by atoms with Crippen LogP contribution in [-0.2, 0) is 0 Å². The van der Waals surface area contributed by atoms with Crippen LogP contribution < -0.4 is 10.6 Å². The third-order valence-electron chi connectivity index (χ3n) is 3.26. The number of piperidine rings is 1. The Hall–Kier alpha value is -0.590. The average molecular weight is 180 g/mol. The average Bonchev–Trinajstić information content (AvgIpc) is 2.97. The predicted molar refractivity (Wildman–Crippen MR) is 50.0 cm³/mol. The molecule has 1 saturated heterocycles. The van der Waals surface area contributed by atoms with Gasteiger partial charge in [-0.2, -0.15) is 5.26 Å². The number of nitrogens with zero attached hydrogens (tertiary/aromatic N) is 1. The highest BCUT2D eigenvalue weighted by atomic mass is 15.0. The summed E-state index contributed by atoms with van der Waals surface area (Å²) >= 11 is 0. The lowest BCUT2D eigenvalue weighted by atomic mass is 10.0. The van der Waals surface area contributed by atoms with Crippen LogP contribution in [0.2, 0.25) is 0 Å². The Balaban J connectivity index is 1.70. The summed E-state index contributed by atoms with van der Waals surface area (Å²) in [6, 6.07) is 3.10. The Bertz CT molecular complexity index is 209. The van der Waals surface area contributed by atoms with Crippen LogP contribution in [0.15, 0.2) is 0 Å². The first kappa shape index (κ1) is 8.98. The van der Waals surface area contributed by atoms with Crippen molar-refractivity contribution in [3.63, 3.8) is 0 Å². The molecule has 0 amide bonds. The van der Waals surface area contributed by atoms with E-state index in [1.165, 1.54) is 25.9 Å². The lowest BCUT2D eigenvalue weighted by Gasteiger charge is -2.22. The Morgan fingerprint density at radius 2 is 2.08 bits per heavy atom. The van der Waals surface area contributed by atoms with Gasteiger partial charge < -0.3 is 10.6 Å². The molecule has 3 N–H and O–H groups in total. The first-order valence-electron chi connectivity index (χ1n) is 5.31. The second-order valence-electron chi connectivity index (χ2n) is 4.41.